The lowest BCUT2D eigenvalue weighted by Gasteiger charge is -2.23. The Hall–Kier alpha value is -2.39. The Balaban J connectivity index is 1.82. The zero-order valence-electron chi connectivity index (χ0n) is 15.2. The van der Waals surface area contributed by atoms with Gasteiger partial charge in [0.2, 0.25) is 0 Å². The van der Waals surface area contributed by atoms with Gasteiger partial charge in [-0.05, 0) is 78.0 Å². The van der Waals surface area contributed by atoms with Crippen LogP contribution in [0.1, 0.15) is 17.3 Å². The molecule has 0 aliphatic carbocycles. The summed E-state index contributed by atoms with van der Waals surface area (Å²) in [5, 5.41) is 2.80. The molecule has 144 valence electrons. The van der Waals surface area contributed by atoms with Crippen molar-refractivity contribution in [2.45, 2.75) is 11.8 Å². The number of carbonyl (C=O) groups is 1. The van der Waals surface area contributed by atoms with Crippen molar-refractivity contribution in [1.29, 1.82) is 0 Å². The van der Waals surface area contributed by atoms with Crippen molar-refractivity contribution in [2.75, 3.05) is 16.2 Å². The predicted octanol–water partition coefficient (Wildman–Crippen LogP) is 4.76. The van der Waals surface area contributed by atoms with Crippen molar-refractivity contribution < 1.29 is 13.2 Å². The summed E-state index contributed by atoms with van der Waals surface area (Å²) in [4.78, 5) is 12.6. The molecule has 3 rings (SSSR count). The van der Waals surface area contributed by atoms with Crippen LogP contribution in [-0.4, -0.2) is 20.9 Å². The molecule has 3 aromatic carbocycles. The Labute approximate surface area is 178 Å². The topological polar surface area (TPSA) is 66.5 Å². The second kappa shape index (κ2) is 8.74. The van der Waals surface area contributed by atoms with Crippen LogP contribution in [0.5, 0.6) is 0 Å². The third kappa shape index (κ3) is 4.36. The van der Waals surface area contributed by atoms with Crippen LogP contribution in [0.2, 0.25) is 0 Å². The van der Waals surface area contributed by atoms with Gasteiger partial charge < -0.3 is 5.32 Å². The molecule has 0 aliphatic heterocycles. The minimum atomic E-state index is -3.69. The van der Waals surface area contributed by atoms with Crippen molar-refractivity contribution in [3.05, 3.63) is 88.0 Å². The van der Waals surface area contributed by atoms with Gasteiger partial charge in [-0.25, -0.2) is 8.42 Å². The molecular weight excluding hydrogens is 487 g/mol. The first-order valence-corrected chi connectivity index (χ1v) is 11.2. The second-order valence-corrected chi connectivity index (χ2v) is 8.99. The zero-order valence-corrected chi connectivity index (χ0v) is 18.1. The van der Waals surface area contributed by atoms with Crippen molar-refractivity contribution >= 4 is 49.9 Å². The lowest BCUT2D eigenvalue weighted by atomic mass is 10.2. The number of benzene rings is 3. The molecule has 0 aromatic heterocycles. The molecule has 5 nitrogen and oxygen atoms in total. The highest BCUT2D eigenvalue weighted by Gasteiger charge is 2.23. The third-order valence-electron chi connectivity index (χ3n) is 4.15. The van der Waals surface area contributed by atoms with Gasteiger partial charge in [-0.2, -0.15) is 0 Å². The summed E-state index contributed by atoms with van der Waals surface area (Å²) < 4.78 is 28.2. The number of carbonyl (C=O) groups excluding carboxylic acids is 1. The largest absolute Gasteiger partial charge is 0.322 e. The fourth-order valence-electron chi connectivity index (χ4n) is 2.77. The number of rotatable bonds is 6. The van der Waals surface area contributed by atoms with E-state index < -0.39 is 10.0 Å². The van der Waals surface area contributed by atoms with Crippen LogP contribution in [-0.2, 0) is 10.0 Å². The van der Waals surface area contributed by atoms with Gasteiger partial charge in [0.1, 0.15) is 0 Å². The predicted molar refractivity (Wildman–Crippen MR) is 120 cm³/mol. The average molecular weight is 506 g/mol. The van der Waals surface area contributed by atoms with E-state index in [9.17, 15) is 13.2 Å². The Morgan fingerprint density at radius 2 is 1.54 bits per heavy atom. The number of anilines is 2. The van der Waals surface area contributed by atoms with Crippen LogP contribution in [0.25, 0.3) is 0 Å². The number of hydrogen-bond donors (Lipinski definition) is 1. The maximum Gasteiger partial charge on any atom is 0.264 e. The molecule has 3 aromatic rings. The van der Waals surface area contributed by atoms with E-state index in [4.69, 9.17) is 0 Å². The summed E-state index contributed by atoms with van der Waals surface area (Å²) in [6, 6.07) is 22.4. The minimum absolute atomic E-state index is 0.172. The Kier molecular flexibility index (Phi) is 6.35. The van der Waals surface area contributed by atoms with Crippen LogP contribution < -0.4 is 9.62 Å². The van der Waals surface area contributed by atoms with Gasteiger partial charge in [-0.3, -0.25) is 9.10 Å². The highest BCUT2D eigenvalue weighted by atomic mass is 127. The maximum atomic E-state index is 13.0. The molecular formula is C21H19IN2O3S. The summed E-state index contributed by atoms with van der Waals surface area (Å²) in [6.07, 6.45) is 0. The first-order valence-electron chi connectivity index (χ1n) is 8.67. The standard InChI is InChI=1S/C21H19IN2O3S/c1-2-24(17-8-4-3-5-9-17)28(26,27)18-14-12-16(13-15-18)23-21(25)19-10-6-7-11-20(19)22/h3-15H,2H2,1H3,(H,23,25). The molecule has 0 spiro atoms. The van der Waals surface area contributed by atoms with Crippen LogP contribution in [0, 0.1) is 3.57 Å². The zero-order chi connectivity index (χ0) is 20.1. The highest BCUT2D eigenvalue weighted by molar-refractivity contribution is 14.1. The fourth-order valence-corrected chi connectivity index (χ4v) is 4.87. The van der Waals surface area contributed by atoms with Gasteiger partial charge >= 0.3 is 0 Å². The summed E-state index contributed by atoms with van der Waals surface area (Å²) in [7, 11) is -3.69. The second-order valence-electron chi connectivity index (χ2n) is 5.96. The van der Waals surface area contributed by atoms with E-state index in [-0.39, 0.29) is 10.8 Å². The highest BCUT2D eigenvalue weighted by Crippen LogP contribution is 2.24. The SMILES string of the molecule is CCN(c1ccccc1)S(=O)(=O)c1ccc(NC(=O)c2ccccc2I)cc1. The van der Waals surface area contributed by atoms with E-state index in [1.165, 1.54) is 16.4 Å². The van der Waals surface area contributed by atoms with Crippen molar-refractivity contribution in [1.82, 2.24) is 0 Å². The summed E-state index contributed by atoms with van der Waals surface area (Å²) in [5.41, 5.74) is 1.72. The van der Waals surface area contributed by atoms with Gasteiger partial charge in [0.25, 0.3) is 15.9 Å². The normalized spacial score (nSPS) is 11.1. The van der Waals surface area contributed by atoms with Crippen LogP contribution in [0.4, 0.5) is 11.4 Å². The number of nitrogens with zero attached hydrogens (tertiary/aromatic N) is 1. The molecule has 0 saturated heterocycles. The molecule has 0 fully saturated rings. The van der Waals surface area contributed by atoms with Gasteiger partial charge in [0.15, 0.2) is 0 Å². The number of para-hydroxylation sites is 1. The van der Waals surface area contributed by atoms with Crippen molar-refractivity contribution in [2.24, 2.45) is 0 Å². The molecule has 0 bridgehead atoms. The van der Waals surface area contributed by atoms with Gasteiger partial charge in [0, 0.05) is 15.8 Å². The van der Waals surface area contributed by atoms with E-state index in [1.807, 2.05) is 18.2 Å². The number of sulfonamides is 1. The lowest BCUT2D eigenvalue weighted by molar-refractivity contribution is 0.102. The van der Waals surface area contributed by atoms with E-state index in [0.29, 0.717) is 23.5 Å². The lowest BCUT2D eigenvalue weighted by Crippen LogP contribution is -2.30. The van der Waals surface area contributed by atoms with Gasteiger partial charge in [-0.1, -0.05) is 30.3 Å². The number of nitrogens with one attached hydrogen (secondary N) is 1. The number of amides is 1. The molecule has 0 unspecified atom stereocenters. The van der Waals surface area contributed by atoms with E-state index >= 15 is 0 Å². The third-order valence-corrected chi connectivity index (χ3v) is 7.01. The van der Waals surface area contributed by atoms with Crippen LogP contribution >= 0.6 is 22.6 Å². The summed E-state index contributed by atoms with van der Waals surface area (Å²) in [5.74, 6) is -0.236. The molecule has 1 amide bonds. The summed E-state index contributed by atoms with van der Waals surface area (Å²) >= 11 is 2.11. The Bertz CT molecular complexity index is 1070. The van der Waals surface area contributed by atoms with Gasteiger partial charge in [0.05, 0.1) is 16.1 Å². The number of halogens is 1. The first kappa shape index (κ1) is 20.3. The molecule has 0 radical (unpaired) electrons. The molecule has 28 heavy (non-hydrogen) atoms. The van der Waals surface area contributed by atoms with Crippen molar-refractivity contribution in [3.63, 3.8) is 0 Å². The van der Waals surface area contributed by atoms with E-state index in [1.54, 1.807) is 55.5 Å². The summed E-state index contributed by atoms with van der Waals surface area (Å²) in [6.45, 7) is 2.11. The molecule has 1 N–H and O–H groups in total. The molecule has 0 aliphatic rings. The van der Waals surface area contributed by atoms with Crippen molar-refractivity contribution in [3.8, 4) is 0 Å². The quantitative estimate of drug-likeness (QED) is 0.491. The van der Waals surface area contributed by atoms with E-state index in [2.05, 4.69) is 27.9 Å². The first-order chi connectivity index (χ1) is 13.4. The minimum Gasteiger partial charge on any atom is -0.322 e. The van der Waals surface area contributed by atoms with Gasteiger partial charge in [-0.15, -0.1) is 0 Å². The maximum absolute atomic E-state index is 13.0. The fraction of sp³-hybridized carbons (Fsp3) is 0.0952. The number of hydrogen-bond acceptors (Lipinski definition) is 3. The average Bonchev–Trinajstić information content (AvgIpc) is 2.70. The van der Waals surface area contributed by atoms with Crippen LogP contribution in [0.15, 0.2) is 83.8 Å². The smallest absolute Gasteiger partial charge is 0.264 e. The Morgan fingerprint density at radius 1 is 0.929 bits per heavy atom. The molecule has 0 atom stereocenters. The molecule has 0 saturated carbocycles. The Morgan fingerprint density at radius 3 is 2.14 bits per heavy atom. The monoisotopic (exact) mass is 506 g/mol. The molecule has 0 heterocycles. The van der Waals surface area contributed by atoms with E-state index in [0.717, 1.165) is 3.57 Å². The molecule has 7 heteroatoms. The van der Waals surface area contributed by atoms with Crippen LogP contribution in [0.3, 0.4) is 0 Å².